The van der Waals surface area contributed by atoms with Crippen molar-refractivity contribution in [2.45, 2.75) is 20.6 Å². The number of ether oxygens (including phenoxy) is 4. The van der Waals surface area contributed by atoms with Gasteiger partial charge in [-0.05, 0) is 59.1 Å². The summed E-state index contributed by atoms with van der Waals surface area (Å²) in [5.41, 5.74) is 2.07. The molecule has 0 aliphatic heterocycles. The van der Waals surface area contributed by atoms with Crippen LogP contribution in [0, 0.1) is 0 Å². The Hall–Kier alpha value is -5.36. The van der Waals surface area contributed by atoms with Gasteiger partial charge in [-0.2, -0.15) is 0 Å². The number of phenols is 1. The van der Waals surface area contributed by atoms with Crippen LogP contribution >= 0.6 is 11.6 Å². The highest BCUT2D eigenvalue weighted by Gasteiger charge is 2.04. The van der Waals surface area contributed by atoms with Crippen LogP contribution in [0.15, 0.2) is 152 Å². The van der Waals surface area contributed by atoms with Gasteiger partial charge < -0.3 is 34.3 Å². The van der Waals surface area contributed by atoms with Crippen molar-refractivity contribution >= 4 is 28.8 Å². The van der Waals surface area contributed by atoms with E-state index in [1.807, 2.05) is 91.0 Å². The largest absolute Gasteiger partial charge is 0.508 e. The Morgan fingerprint density at radius 1 is 0.529 bits per heavy atom. The number of aliphatic hydroxyl groups is 2. The Balaban J connectivity index is 0.000000669. The average Bonchev–Trinajstić information content (AvgIpc) is 3.15. The summed E-state index contributed by atoms with van der Waals surface area (Å²) in [4.78, 5) is 32.2. The zero-order valence-electron chi connectivity index (χ0n) is 27.5. The lowest BCUT2D eigenvalue weighted by Crippen LogP contribution is -2.15. The summed E-state index contributed by atoms with van der Waals surface area (Å²) in [6.07, 6.45) is 0. The van der Waals surface area contributed by atoms with E-state index >= 15 is 0 Å². The van der Waals surface area contributed by atoms with E-state index in [9.17, 15) is 14.4 Å². The topological polar surface area (TPSA) is 149 Å². The van der Waals surface area contributed by atoms with E-state index in [-0.39, 0.29) is 20.6 Å². The van der Waals surface area contributed by atoms with Crippen molar-refractivity contribution < 1.29 is 48.7 Å². The van der Waals surface area contributed by atoms with Crippen molar-refractivity contribution in [3.05, 3.63) is 163 Å². The summed E-state index contributed by atoms with van der Waals surface area (Å²) in [6, 6.07) is 45.6. The molecule has 0 spiro atoms. The second-order valence-corrected chi connectivity index (χ2v) is 9.80. The van der Waals surface area contributed by atoms with Crippen LogP contribution in [0.2, 0.25) is 0 Å². The van der Waals surface area contributed by atoms with Gasteiger partial charge in [0, 0.05) is 7.11 Å². The normalized spacial score (nSPS) is 9.10. The Morgan fingerprint density at radius 3 is 1.20 bits per heavy atom. The zero-order valence-corrected chi connectivity index (χ0v) is 28.3. The highest BCUT2D eigenvalue weighted by molar-refractivity contribution is 6.63. The summed E-state index contributed by atoms with van der Waals surface area (Å²) >= 11 is 5.08. The van der Waals surface area contributed by atoms with E-state index < -0.39 is 23.8 Å². The number of phenolic OH excluding ortho intramolecular Hbond substituents is 1. The van der Waals surface area contributed by atoms with Crippen molar-refractivity contribution in [3.8, 4) is 17.2 Å². The van der Waals surface area contributed by atoms with Gasteiger partial charge in [-0.25, -0.2) is 9.59 Å². The minimum absolute atomic E-state index is 0. The number of para-hydroxylation sites is 3. The van der Waals surface area contributed by atoms with E-state index in [1.54, 1.807) is 60.7 Å². The van der Waals surface area contributed by atoms with Gasteiger partial charge in [-0.3, -0.25) is 4.79 Å². The quantitative estimate of drug-likeness (QED) is 0.0740. The maximum absolute atomic E-state index is 11.5. The van der Waals surface area contributed by atoms with Gasteiger partial charge >= 0.3 is 11.9 Å². The minimum atomic E-state index is -0.642. The fourth-order valence-corrected chi connectivity index (χ4v) is 3.46. The second-order valence-electron chi connectivity index (χ2n) is 9.38. The van der Waals surface area contributed by atoms with Crippen LogP contribution in [0.5, 0.6) is 17.2 Å². The number of hydrogen-bond donors (Lipinski definition) is 3. The Labute approximate surface area is 304 Å². The number of carbonyl (C=O) groups is 3. The molecule has 0 atom stereocenters. The smallest absolute Gasteiger partial charge is 0.337 e. The van der Waals surface area contributed by atoms with Gasteiger partial charge in [0.25, 0.3) is 0 Å². The molecule has 0 amide bonds. The van der Waals surface area contributed by atoms with Crippen molar-refractivity contribution in [3.63, 3.8) is 0 Å². The first-order valence-corrected chi connectivity index (χ1v) is 15.5. The van der Waals surface area contributed by atoms with Crippen LogP contribution in [0.4, 0.5) is 0 Å². The average molecular weight is 721 g/mol. The molecule has 0 aliphatic carbocycles. The zero-order chi connectivity index (χ0) is 36.7. The third kappa shape index (κ3) is 25.3. The molecule has 0 aliphatic rings. The summed E-state index contributed by atoms with van der Waals surface area (Å²) < 4.78 is 20.0. The predicted molar refractivity (Wildman–Crippen MR) is 197 cm³/mol. The first-order chi connectivity index (χ1) is 24.4. The summed E-state index contributed by atoms with van der Waals surface area (Å²) in [6.45, 7) is 0.166. The highest BCUT2D eigenvalue weighted by Crippen LogP contribution is 2.09. The van der Waals surface area contributed by atoms with E-state index in [1.165, 1.54) is 0 Å². The van der Waals surface area contributed by atoms with Crippen LogP contribution in [-0.2, 0) is 37.1 Å². The molecule has 0 bridgehead atoms. The number of carbonyl (C=O) groups excluding carboxylic acids is 3. The third-order valence-electron chi connectivity index (χ3n) is 5.49. The van der Waals surface area contributed by atoms with Crippen molar-refractivity contribution in [2.24, 2.45) is 0 Å². The summed E-state index contributed by atoms with van der Waals surface area (Å²) in [5.74, 6) is 0.271. The standard InChI is InChI=1S/C15H14O3.C9H9ClO2.C8H8O3.C6H6O.CH4O.CH4/c16-15(18-14-9-5-2-6-10-14)12-17-11-13-7-3-1-4-8-13;10-9(11)7-12-6-8-4-2-1-3-5-8;9-6-8(10)11-7-4-2-1-3-5-7;7-6-4-2-1-3-5-6;1-2;/h1-10H,11-12H2;1-5H,6-7H2;1-5,9H,6H2;1-5,7H;2H,1H3;1H4. The molecule has 5 aromatic rings. The molecule has 0 heterocycles. The summed E-state index contributed by atoms with van der Waals surface area (Å²) in [5, 5.41) is 23.5. The highest BCUT2D eigenvalue weighted by atomic mass is 35.5. The molecule has 0 saturated carbocycles. The lowest BCUT2D eigenvalue weighted by Gasteiger charge is -2.05. The molecule has 272 valence electrons. The maximum Gasteiger partial charge on any atom is 0.337 e. The molecule has 5 aromatic carbocycles. The number of benzene rings is 5. The monoisotopic (exact) mass is 720 g/mol. The number of esters is 2. The Kier molecular flexibility index (Phi) is 27.5. The minimum Gasteiger partial charge on any atom is -0.508 e. The Bertz CT molecular complexity index is 1560. The summed E-state index contributed by atoms with van der Waals surface area (Å²) in [7, 11) is 1.00. The van der Waals surface area contributed by atoms with Crippen molar-refractivity contribution in [2.75, 3.05) is 26.9 Å². The van der Waals surface area contributed by atoms with Crippen LogP contribution in [0.3, 0.4) is 0 Å². The number of rotatable bonds is 11. The van der Waals surface area contributed by atoms with Crippen LogP contribution < -0.4 is 9.47 Å². The van der Waals surface area contributed by atoms with Crippen LogP contribution in [-0.4, -0.2) is 59.4 Å². The lowest BCUT2D eigenvalue weighted by molar-refractivity contribution is -0.140. The van der Waals surface area contributed by atoms with Crippen molar-refractivity contribution in [1.29, 1.82) is 0 Å². The first-order valence-electron chi connectivity index (χ1n) is 15.1. The van der Waals surface area contributed by atoms with E-state index in [0.29, 0.717) is 30.5 Å². The van der Waals surface area contributed by atoms with E-state index in [4.69, 9.17) is 41.1 Å². The van der Waals surface area contributed by atoms with E-state index in [0.717, 1.165) is 18.2 Å². The Morgan fingerprint density at radius 2 is 0.863 bits per heavy atom. The maximum atomic E-state index is 11.5. The lowest BCUT2D eigenvalue weighted by atomic mass is 10.2. The SMILES string of the molecule is C.CO.O=C(CO)Oc1ccccc1.O=C(COCc1ccccc1)Oc1ccccc1.O=C(Cl)COCc1ccccc1.Oc1ccccc1. The van der Waals surface area contributed by atoms with Gasteiger partial charge in [0.1, 0.15) is 37.1 Å². The second kappa shape index (κ2) is 30.7. The number of halogens is 1. The van der Waals surface area contributed by atoms with Gasteiger partial charge in [0.15, 0.2) is 0 Å². The predicted octanol–water partition coefficient (Wildman–Crippen LogP) is 7.00. The molecule has 5 rings (SSSR count). The molecule has 3 N–H and O–H groups in total. The number of aliphatic hydroxyl groups excluding tert-OH is 2. The first kappa shape index (κ1) is 45.6. The molecule has 0 unspecified atom stereocenters. The fraction of sp³-hybridized carbons (Fsp3) is 0.175. The number of hydrogen-bond acceptors (Lipinski definition) is 10. The van der Waals surface area contributed by atoms with Gasteiger partial charge in [-0.1, -0.05) is 123 Å². The molecule has 0 fully saturated rings. The van der Waals surface area contributed by atoms with Crippen LogP contribution in [0.1, 0.15) is 18.6 Å². The van der Waals surface area contributed by atoms with Crippen LogP contribution in [0.25, 0.3) is 0 Å². The van der Waals surface area contributed by atoms with E-state index in [2.05, 4.69) is 4.74 Å². The molecule has 0 radical (unpaired) electrons. The van der Waals surface area contributed by atoms with Crippen molar-refractivity contribution in [1.82, 2.24) is 0 Å². The molecule has 0 saturated heterocycles. The number of aromatic hydroxyl groups is 1. The third-order valence-corrected chi connectivity index (χ3v) is 5.60. The molecule has 0 aromatic heterocycles. The molecule has 10 nitrogen and oxygen atoms in total. The van der Waals surface area contributed by atoms with Gasteiger partial charge in [0.2, 0.25) is 5.24 Å². The molecule has 11 heteroatoms. The fourth-order valence-electron chi connectivity index (χ4n) is 3.38. The molecule has 51 heavy (non-hydrogen) atoms. The van der Waals surface area contributed by atoms with Gasteiger partial charge in [-0.15, -0.1) is 0 Å². The molecular formula is C40H45ClO10. The molecular weight excluding hydrogens is 676 g/mol. The van der Waals surface area contributed by atoms with Gasteiger partial charge in [0.05, 0.1) is 13.2 Å².